The van der Waals surface area contributed by atoms with E-state index in [0.29, 0.717) is 37.1 Å². The van der Waals surface area contributed by atoms with Gasteiger partial charge >= 0.3 is 23.9 Å². The number of rotatable bonds is 8. The number of nitrogens with zero attached hydrogens (tertiary/aromatic N) is 3. The maximum atomic E-state index is 13.7. The fraction of sp³-hybridized carbons (Fsp3) is 0.645. The van der Waals surface area contributed by atoms with E-state index in [-0.39, 0.29) is 23.8 Å². The van der Waals surface area contributed by atoms with E-state index in [1.807, 2.05) is 6.92 Å². The number of aromatic nitrogens is 2. The highest BCUT2D eigenvalue weighted by Crippen LogP contribution is 2.48. The number of carbonyl (C=O) groups is 6. The second kappa shape index (κ2) is 13.8. The zero-order valence-electron chi connectivity index (χ0n) is 27.0. The molecular weight excluding hydrogens is 622 g/mol. The number of carbonyl (C=O) groups excluding carboxylic acids is 6. The maximum absolute atomic E-state index is 13.7. The lowest BCUT2D eigenvalue weighted by atomic mass is 9.73. The fourth-order valence-corrected chi connectivity index (χ4v) is 6.90. The molecule has 4 aliphatic rings. The van der Waals surface area contributed by atoms with Crippen LogP contribution in [0.3, 0.4) is 0 Å². The molecule has 4 aliphatic heterocycles. The van der Waals surface area contributed by atoms with Crippen LogP contribution in [0.1, 0.15) is 76.6 Å². The molecule has 16 heteroatoms. The van der Waals surface area contributed by atoms with Gasteiger partial charge in [-0.05, 0) is 12.8 Å². The molecular formula is C31H39N3O13. The molecule has 0 spiro atoms. The number of ether oxygens (including phenoxy) is 7. The van der Waals surface area contributed by atoms with Gasteiger partial charge in [0, 0.05) is 59.4 Å². The standard InChI is InChI=1S/C31H39N3O13/c1-7-19-20-10-23-25-22(34(13-32-25)14(2)35)8-9-33(23)29(40)21(20)11-42-30(19)47-31-28(45-18(6)39)27(44-17(5)38)26(43-16(4)37)24(46-31)12-41-15(3)36/h11,13,19-20,23-24,26-28,30-31H,7-10,12H2,1-6H3/t19-,20-,23+,24-,26-,27-,28-,30+,31+/m1/s1. The summed E-state index contributed by atoms with van der Waals surface area (Å²) in [5.41, 5.74) is 1.94. The molecule has 47 heavy (non-hydrogen) atoms. The second-order valence-corrected chi connectivity index (χ2v) is 11.9. The number of hydrogen-bond donors (Lipinski definition) is 0. The van der Waals surface area contributed by atoms with Crippen LogP contribution in [-0.2, 0) is 63.6 Å². The lowest BCUT2D eigenvalue weighted by Gasteiger charge is -2.49. The van der Waals surface area contributed by atoms with Crippen LogP contribution in [0.4, 0.5) is 0 Å². The molecule has 0 aliphatic carbocycles. The molecule has 5 rings (SSSR count). The first-order valence-electron chi connectivity index (χ1n) is 15.5. The van der Waals surface area contributed by atoms with Gasteiger partial charge in [-0.3, -0.25) is 33.3 Å². The van der Waals surface area contributed by atoms with E-state index in [4.69, 9.17) is 33.2 Å². The van der Waals surface area contributed by atoms with Crippen LogP contribution in [-0.4, -0.2) is 100 Å². The molecule has 5 heterocycles. The van der Waals surface area contributed by atoms with Gasteiger partial charge < -0.3 is 38.1 Å². The Morgan fingerprint density at radius 2 is 1.57 bits per heavy atom. The molecule has 1 aromatic rings. The zero-order chi connectivity index (χ0) is 34.2. The van der Waals surface area contributed by atoms with Gasteiger partial charge in [-0.15, -0.1) is 0 Å². The average molecular weight is 662 g/mol. The molecule has 1 aromatic heterocycles. The predicted molar refractivity (Wildman–Crippen MR) is 155 cm³/mol. The highest BCUT2D eigenvalue weighted by Gasteiger charge is 2.55. The van der Waals surface area contributed by atoms with E-state index in [9.17, 15) is 28.8 Å². The Kier molecular flexibility index (Phi) is 10.0. The predicted octanol–water partition coefficient (Wildman–Crippen LogP) is 1.36. The number of esters is 4. The molecule has 9 atom stereocenters. The topological polar surface area (TPSA) is 188 Å². The molecule has 0 aromatic carbocycles. The molecule has 0 N–H and O–H groups in total. The quantitative estimate of drug-likeness (QED) is 0.287. The monoisotopic (exact) mass is 661 g/mol. The van der Waals surface area contributed by atoms with E-state index < -0.39 is 73.4 Å². The summed E-state index contributed by atoms with van der Waals surface area (Å²) in [5.74, 6) is -4.04. The molecule has 16 nitrogen and oxygen atoms in total. The Hall–Kier alpha value is -4.31. The highest BCUT2D eigenvalue weighted by atomic mass is 16.8. The van der Waals surface area contributed by atoms with Crippen molar-refractivity contribution < 1.29 is 61.9 Å². The summed E-state index contributed by atoms with van der Waals surface area (Å²) in [6.07, 6.45) is -3.53. The minimum absolute atomic E-state index is 0.161. The van der Waals surface area contributed by atoms with Gasteiger partial charge in [-0.1, -0.05) is 6.92 Å². The van der Waals surface area contributed by atoms with Crippen LogP contribution in [0, 0.1) is 11.8 Å². The lowest BCUT2D eigenvalue weighted by molar-refractivity contribution is -0.344. The number of imidazole rings is 1. The Labute approximate surface area is 270 Å². The van der Waals surface area contributed by atoms with Crippen molar-refractivity contribution in [3.8, 4) is 0 Å². The minimum Gasteiger partial charge on any atom is -0.472 e. The molecule has 0 radical (unpaired) electrons. The van der Waals surface area contributed by atoms with E-state index in [1.165, 1.54) is 31.0 Å². The Morgan fingerprint density at radius 3 is 2.19 bits per heavy atom. The van der Waals surface area contributed by atoms with Crippen molar-refractivity contribution in [2.24, 2.45) is 11.8 Å². The smallest absolute Gasteiger partial charge is 0.303 e. The first-order valence-corrected chi connectivity index (χ1v) is 15.5. The van der Waals surface area contributed by atoms with Gasteiger partial charge in [0.1, 0.15) is 19.0 Å². The number of piperidine rings is 1. The third kappa shape index (κ3) is 6.88. The average Bonchev–Trinajstić information content (AvgIpc) is 3.44. The van der Waals surface area contributed by atoms with Crippen molar-refractivity contribution >= 4 is 35.7 Å². The van der Waals surface area contributed by atoms with Gasteiger partial charge in [-0.25, -0.2) is 4.98 Å². The molecule has 0 bridgehead atoms. The maximum Gasteiger partial charge on any atom is 0.303 e. The van der Waals surface area contributed by atoms with E-state index in [2.05, 4.69) is 4.98 Å². The van der Waals surface area contributed by atoms with Crippen LogP contribution < -0.4 is 0 Å². The summed E-state index contributed by atoms with van der Waals surface area (Å²) in [7, 11) is 0. The normalized spacial score (nSPS) is 31.2. The first-order chi connectivity index (χ1) is 22.3. The zero-order valence-corrected chi connectivity index (χ0v) is 27.0. The molecule has 0 saturated carbocycles. The summed E-state index contributed by atoms with van der Waals surface area (Å²) in [6.45, 7) is 7.97. The van der Waals surface area contributed by atoms with Crippen LogP contribution in [0.5, 0.6) is 0 Å². The summed E-state index contributed by atoms with van der Waals surface area (Å²) in [5, 5.41) is 0. The number of fused-ring (bicyclic) bond motifs is 4. The lowest BCUT2D eigenvalue weighted by Crippen LogP contribution is -2.63. The van der Waals surface area contributed by atoms with Gasteiger partial charge in [0.15, 0.2) is 18.3 Å². The molecule has 256 valence electrons. The SMILES string of the molecule is CC[C@H]1[C@H](O[C@@H]2O[C@H](COC(C)=O)[C@@H](OC(C)=O)[C@@H](OC(C)=O)[C@H]2OC(C)=O)OC=C2C(=O)N3CCc4c(ncn4C(C)=O)[C@@H]3C[C@@H]21. The number of amides is 1. The van der Waals surface area contributed by atoms with Crippen molar-refractivity contribution in [1.82, 2.24) is 14.5 Å². The van der Waals surface area contributed by atoms with Crippen molar-refractivity contribution in [3.05, 3.63) is 29.6 Å². The Balaban J connectivity index is 1.46. The summed E-state index contributed by atoms with van der Waals surface area (Å²) in [6, 6.07) is -0.368. The van der Waals surface area contributed by atoms with Crippen molar-refractivity contribution in [2.45, 2.75) is 104 Å². The van der Waals surface area contributed by atoms with Crippen molar-refractivity contribution in [2.75, 3.05) is 13.2 Å². The van der Waals surface area contributed by atoms with Crippen molar-refractivity contribution in [1.29, 1.82) is 0 Å². The highest BCUT2D eigenvalue weighted by molar-refractivity contribution is 5.95. The van der Waals surface area contributed by atoms with E-state index in [1.54, 1.807) is 4.90 Å². The summed E-state index contributed by atoms with van der Waals surface area (Å²) in [4.78, 5) is 80.4. The minimum atomic E-state index is -1.45. The van der Waals surface area contributed by atoms with E-state index in [0.717, 1.165) is 26.5 Å². The second-order valence-electron chi connectivity index (χ2n) is 11.9. The summed E-state index contributed by atoms with van der Waals surface area (Å²) >= 11 is 0. The van der Waals surface area contributed by atoms with Gasteiger partial charge in [0.05, 0.1) is 29.3 Å². The van der Waals surface area contributed by atoms with Gasteiger partial charge in [0.2, 0.25) is 18.5 Å². The Bertz CT molecular complexity index is 1470. The molecule has 2 saturated heterocycles. The molecule has 2 fully saturated rings. The first kappa shape index (κ1) is 34.0. The van der Waals surface area contributed by atoms with Crippen LogP contribution in [0.25, 0.3) is 0 Å². The molecule has 0 unspecified atom stereocenters. The third-order valence-electron chi connectivity index (χ3n) is 8.79. The number of hydrogen-bond acceptors (Lipinski definition) is 14. The Morgan fingerprint density at radius 1 is 0.915 bits per heavy atom. The third-order valence-corrected chi connectivity index (χ3v) is 8.79. The molecule has 1 amide bonds. The summed E-state index contributed by atoms with van der Waals surface area (Å²) < 4.78 is 41.6. The van der Waals surface area contributed by atoms with Crippen molar-refractivity contribution in [3.63, 3.8) is 0 Å². The van der Waals surface area contributed by atoms with Gasteiger partial charge in [-0.2, -0.15) is 0 Å². The van der Waals surface area contributed by atoms with Crippen LogP contribution in [0.2, 0.25) is 0 Å². The largest absolute Gasteiger partial charge is 0.472 e. The van der Waals surface area contributed by atoms with Gasteiger partial charge in [0.25, 0.3) is 5.91 Å². The van der Waals surface area contributed by atoms with Crippen LogP contribution in [0.15, 0.2) is 18.2 Å². The fourth-order valence-electron chi connectivity index (χ4n) is 6.90. The van der Waals surface area contributed by atoms with E-state index >= 15 is 0 Å². The van der Waals surface area contributed by atoms with Crippen LogP contribution >= 0.6 is 0 Å².